The molecule has 0 atom stereocenters. The van der Waals surface area contributed by atoms with Crippen molar-refractivity contribution in [3.05, 3.63) is 33.7 Å². The number of nitrogens with one attached hydrogen (secondary N) is 1. The van der Waals surface area contributed by atoms with Gasteiger partial charge in [-0.2, -0.15) is 0 Å². The molecule has 0 radical (unpaired) electrons. The van der Waals surface area contributed by atoms with Crippen molar-refractivity contribution in [3.63, 3.8) is 0 Å². The molecule has 0 aliphatic carbocycles. The Morgan fingerprint density at radius 1 is 1.67 bits per heavy atom. The summed E-state index contributed by atoms with van der Waals surface area (Å²) in [4.78, 5) is 23.9. The number of aromatic amines is 1. The van der Waals surface area contributed by atoms with Gasteiger partial charge in [0.1, 0.15) is 5.56 Å². The van der Waals surface area contributed by atoms with Crippen LogP contribution in [0.25, 0.3) is 0 Å². The van der Waals surface area contributed by atoms with Gasteiger partial charge in [-0.3, -0.25) is 9.59 Å². The molecule has 0 saturated heterocycles. The van der Waals surface area contributed by atoms with Gasteiger partial charge >= 0.3 is 29.6 Å². The Balaban J connectivity index is 0. The van der Waals surface area contributed by atoms with E-state index in [0.717, 1.165) is 0 Å². The summed E-state index contributed by atoms with van der Waals surface area (Å²) in [6, 6.07) is 1.63. The van der Waals surface area contributed by atoms with Crippen LogP contribution in [-0.2, 0) is 0 Å². The zero-order valence-electron chi connectivity index (χ0n) is 8.05. The van der Waals surface area contributed by atoms with Crippen molar-refractivity contribution in [2.75, 3.05) is 0 Å². The van der Waals surface area contributed by atoms with Crippen molar-refractivity contribution in [1.29, 1.82) is 0 Å². The summed E-state index contributed by atoms with van der Waals surface area (Å²) in [5.41, 5.74) is 5.16. The number of amides is 1. The van der Waals surface area contributed by atoms with Crippen LogP contribution in [-0.4, -0.2) is 10.9 Å². The number of primary amides is 1. The summed E-state index contributed by atoms with van der Waals surface area (Å²) >= 11 is 0. The van der Waals surface area contributed by atoms with Crippen molar-refractivity contribution >= 4 is 5.91 Å². The molecule has 0 aromatic carbocycles. The fraction of sp³-hybridized carbons (Fsp3) is 0.143. The Kier molecular flexibility index (Phi) is 4.23. The largest absolute Gasteiger partial charge is 1.00 e. The average Bonchev–Trinajstić information content (AvgIpc) is 1.85. The second kappa shape index (κ2) is 4.45. The van der Waals surface area contributed by atoms with E-state index in [-0.39, 0.29) is 36.5 Å². The maximum absolute atomic E-state index is 10.9. The molecule has 0 fully saturated rings. The van der Waals surface area contributed by atoms with Crippen molar-refractivity contribution in [2.45, 2.75) is 6.92 Å². The molecule has 12 heavy (non-hydrogen) atoms. The molecule has 60 valence electrons. The molecule has 1 amide bonds. The molecule has 1 heterocycles. The van der Waals surface area contributed by atoms with Crippen LogP contribution in [0.2, 0.25) is 0 Å². The minimum absolute atomic E-state index is 0. The second-order valence-corrected chi connectivity index (χ2v) is 2.23. The molecule has 0 saturated carbocycles. The molecular weight excluding hydrogens is 167 g/mol. The molecule has 0 unspecified atom stereocenters. The maximum Gasteiger partial charge on any atom is 1.00 e. The summed E-state index contributed by atoms with van der Waals surface area (Å²) in [5.74, 6) is -0.690. The van der Waals surface area contributed by atoms with E-state index in [1.54, 1.807) is 13.0 Å². The number of rotatable bonds is 1. The van der Waals surface area contributed by atoms with E-state index >= 15 is 0 Å². The minimum Gasteiger partial charge on any atom is -1.00 e. The van der Waals surface area contributed by atoms with E-state index in [1.807, 2.05) is 0 Å². The number of H-pyrrole nitrogens is 1. The number of pyridine rings is 1. The predicted molar refractivity (Wildman–Crippen MR) is 41.4 cm³/mol. The Morgan fingerprint density at radius 3 is 2.58 bits per heavy atom. The average molecular weight is 176 g/mol. The number of aryl methyl sites for hydroxylation is 1. The number of hydrogen-bond donors (Lipinski definition) is 2. The van der Waals surface area contributed by atoms with Crippen LogP contribution in [0.5, 0.6) is 0 Å². The number of carbonyl (C=O) groups is 1. The zero-order chi connectivity index (χ0) is 8.43. The third kappa shape index (κ3) is 2.20. The first-order chi connectivity index (χ1) is 5.13. The number of hydrogen-bond acceptors (Lipinski definition) is 2. The SMILES string of the molecule is Cc1cc[nH]c(=O)c1C(N)=O.[H-].[Na+]. The first-order valence-corrected chi connectivity index (χ1v) is 3.11. The Hall–Kier alpha value is -0.580. The van der Waals surface area contributed by atoms with Crippen LogP contribution >= 0.6 is 0 Å². The quantitative estimate of drug-likeness (QED) is 0.445. The topological polar surface area (TPSA) is 75.9 Å². The van der Waals surface area contributed by atoms with Gasteiger partial charge in [-0.05, 0) is 18.6 Å². The van der Waals surface area contributed by atoms with Gasteiger partial charge in [-0.1, -0.05) is 0 Å². The monoisotopic (exact) mass is 176 g/mol. The zero-order valence-corrected chi connectivity index (χ0v) is 9.05. The predicted octanol–water partition coefficient (Wildman–Crippen LogP) is -3.10. The second-order valence-electron chi connectivity index (χ2n) is 2.23. The first kappa shape index (κ1) is 11.4. The fourth-order valence-electron chi connectivity index (χ4n) is 0.883. The van der Waals surface area contributed by atoms with Gasteiger partial charge in [0.05, 0.1) is 0 Å². The smallest absolute Gasteiger partial charge is 1.00 e. The Labute approximate surface area is 92.9 Å². The van der Waals surface area contributed by atoms with Crippen molar-refractivity contribution < 1.29 is 35.8 Å². The van der Waals surface area contributed by atoms with Crippen molar-refractivity contribution in [2.24, 2.45) is 5.73 Å². The van der Waals surface area contributed by atoms with Gasteiger partial charge in [0.25, 0.3) is 11.5 Å². The van der Waals surface area contributed by atoms with E-state index in [4.69, 9.17) is 5.73 Å². The van der Waals surface area contributed by atoms with Gasteiger partial charge in [-0.25, -0.2) is 0 Å². The molecule has 5 heteroatoms. The molecule has 0 aliphatic heterocycles. The molecule has 1 aromatic heterocycles. The maximum atomic E-state index is 10.9. The molecule has 0 aliphatic rings. The van der Waals surface area contributed by atoms with Crippen LogP contribution in [0.15, 0.2) is 17.1 Å². The number of nitrogens with two attached hydrogens (primary N) is 1. The standard InChI is InChI=1S/C7H8N2O2.Na.H/c1-4-2-3-9-7(11)5(4)6(8)10;;/h2-3H,1H3,(H2,8,10)(H,9,11);;/q;+1;-1. The van der Waals surface area contributed by atoms with Gasteiger partial charge in [0.15, 0.2) is 0 Å². The van der Waals surface area contributed by atoms with Gasteiger partial charge < -0.3 is 12.1 Å². The number of aromatic nitrogens is 1. The van der Waals surface area contributed by atoms with Gasteiger partial charge in [-0.15, -0.1) is 0 Å². The van der Waals surface area contributed by atoms with Crippen LogP contribution < -0.4 is 40.9 Å². The summed E-state index contributed by atoms with van der Waals surface area (Å²) in [5, 5.41) is 0. The summed E-state index contributed by atoms with van der Waals surface area (Å²) in [7, 11) is 0. The Morgan fingerprint density at radius 2 is 2.25 bits per heavy atom. The van der Waals surface area contributed by atoms with E-state index in [9.17, 15) is 9.59 Å². The van der Waals surface area contributed by atoms with Crippen LogP contribution in [0.1, 0.15) is 17.3 Å². The van der Waals surface area contributed by atoms with Crippen molar-refractivity contribution in [3.8, 4) is 0 Å². The Bertz CT molecular complexity index is 351. The number of carbonyl (C=O) groups excluding carboxylic acids is 1. The van der Waals surface area contributed by atoms with E-state index in [2.05, 4.69) is 4.98 Å². The van der Waals surface area contributed by atoms with Crippen LogP contribution in [0.4, 0.5) is 0 Å². The third-order valence-electron chi connectivity index (χ3n) is 1.42. The molecule has 0 bridgehead atoms. The summed E-state index contributed by atoms with van der Waals surface area (Å²) in [6.45, 7) is 1.66. The van der Waals surface area contributed by atoms with Crippen molar-refractivity contribution in [1.82, 2.24) is 4.98 Å². The molecule has 3 N–H and O–H groups in total. The fourth-order valence-corrected chi connectivity index (χ4v) is 0.883. The van der Waals surface area contributed by atoms with E-state index < -0.39 is 11.5 Å². The summed E-state index contributed by atoms with van der Waals surface area (Å²) < 4.78 is 0. The molecule has 0 spiro atoms. The van der Waals surface area contributed by atoms with Crippen LogP contribution in [0.3, 0.4) is 0 Å². The molecule has 1 rings (SSSR count). The molecular formula is C7H9N2NaO2. The van der Waals surface area contributed by atoms with E-state index in [1.165, 1.54) is 6.20 Å². The van der Waals surface area contributed by atoms with Crippen LogP contribution in [0, 0.1) is 6.92 Å². The normalized spacial score (nSPS) is 8.75. The minimum atomic E-state index is -0.690. The molecule has 1 aromatic rings. The molecule has 4 nitrogen and oxygen atoms in total. The van der Waals surface area contributed by atoms with Gasteiger partial charge in [0, 0.05) is 6.20 Å². The van der Waals surface area contributed by atoms with E-state index in [0.29, 0.717) is 5.56 Å². The summed E-state index contributed by atoms with van der Waals surface area (Å²) in [6.07, 6.45) is 1.48. The third-order valence-corrected chi connectivity index (χ3v) is 1.42. The van der Waals surface area contributed by atoms with Gasteiger partial charge in [0.2, 0.25) is 0 Å². The first-order valence-electron chi connectivity index (χ1n) is 3.11.